The Bertz CT molecular complexity index is 719. The summed E-state index contributed by atoms with van der Waals surface area (Å²) in [6, 6.07) is 5.43. The van der Waals surface area contributed by atoms with Gasteiger partial charge in [-0.1, -0.05) is 29.8 Å². The predicted octanol–water partition coefficient (Wildman–Crippen LogP) is 1.36. The summed E-state index contributed by atoms with van der Waals surface area (Å²) in [5.74, 6) is -1.01. The van der Waals surface area contributed by atoms with Crippen LogP contribution in [0.25, 0.3) is 0 Å². The van der Waals surface area contributed by atoms with E-state index in [1.165, 1.54) is 7.11 Å². The van der Waals surface area contributed by atoms with Gasteiger partial charge in [0.2, 0.25) is 5.91 Å². The second-order valence-electron chi connectivity index (χ2n) is 6.32. The summed E-state index contributed by atoms with van der Waals surface area (Å²) in [4.78, 5) is 23.7. The fourth-order valence-corrected chi connectivity index (χ4v) is 3.10. The lowest BCUT2D eigenvalue weighted by Gasteiger charge is -2.22. The molecule has 0 bridgehead atoms. The fraction of sp³-hybridized carbons (Fsp3) is 0.556. The molecule has 1 N–H and O–H groups in total. The number of hydrogen-bond acceptors (Lipinski definition) is 8. The molecule has 0 aliphatic carbocycles. The minimum Gasteiger partial charge on any atom is -0.470 e. The third kappa shape index (κ3) is 10.9. The first-order valence-electron chi connectivity index (χ1n) is 9.18. The van der Waals surface area contributed by atoms with Crippen molar-refractivity contribution in [2.24, 2.45) is 0 Å². The number of methoxy groups -OCH3 is 1. The summed E-state index contributed by atoms with van der Waals surface area (Å²) < 4.78 is 36.5. The van der Waals surface area contributed by atoms with E-state index in [9.17, 15) is 14.2 Å². The molecule has 0 fully saturated rings. The van der Waals surface area contributed by atoms with E-state index < -0.39 is 32.4 Å². The van der Waals surface area contributed by atoms with Crippen LogP contribution in [0.1, 0.15) is 24.0 Å². The van der Waals surface area contributed by atoms with Crippen molar-refractivity contribution in [3.8, 4) is 0 Å². The Kier molecular flexibility index (Phi) is 12.0. The molecule has 0 spiro atoms. The first-order chi connectivity index (χ1) is 14.2. The summed E-state index contributed by atoms with van der Waals surface area (Å²) in [7, 11) is 9.65. The number of phosphoric acid groups is 1. The van der Waals surface area contributed by atoms with Crippen molar-refractivity contribution in [3.63, 3.8) is 0 Å². The summed E-state index contributed by atoms with van der Waals surface area (Å²) in [5, 5.41) is 2.71. The molecule has 3 atom stereocenters. The minimum atomic E-state index is -4.00. The topological polar surface area (TPSA) is 109 Å². The summed E-state index contributed by atoms with van der Waals surface area (Å²) in [6.45, 7) is 1.83. The molecule has 0 saturated heterocycles. The van der Waals surface area contributed by atoms with Gasteiger partial charge in [0.25, 0.3) is 0 Å². The SMILES string of the molecule is [B]C(COP(=O)(OC)OC([B])COC)OC(=O)CCC(=O)NCc1ccc(C)cc1. The number of nitrogens with one attached hydrogen (secondary N) is 1. The highest BCUT2D eigenvalue weighted by molar-refractivity contribution is 7.48. The molecule has 30 heavy (non-hydrogen) atoms. The number of rotatable bonds is 14. The van der Waals surface area contributed by atoms with Gasteiger partial charge in [-0.15, -0.1) is 0 Å². The molecule has 0 aliphatic rings. The van der Waals surface area contributed by atoms with Gasteiger partial charge in [0.1, 0.15) is 15.7 Å². The van der Waals surface area contributed by atoms with Crippen LogP contribution < -0.4 is 5.32 Å². The summed E-state index contributed by atoms with van der Waals surface area (Å²) in [5.41, 5.74) is 2.07. The lowest BCUT2D eigenvalue weighted by atomic mass is 10.0. The Morgan fingerprint density at radius 1 is 1.07 bits per heavy atom. The van der Waals surface area contributed by atoms with Crippen molar-refractivity contribution in [2.75, 3.05) is 27.4 Å². The molecule has 0 aromatic heterocycles. The zero-order valence-corrected chi connectivity index (χ0v) is 18.3. The average molecular weight is 437 g/mol. The fourth-order valence-electron chi connectivity index (χ4n) is 2.12. The van der Waals surface area contributed by atoms with E-state index in [0.29, 0.717) is 6.54 Å². The maximum atomic E-state index is 12.2. The van der Waals surface area contributed by atoms with Gasteiger partial charge in [-0.3, -0.25) is 23.2 Å². The van der Waals surface area contributed by atoms with Crippen molar-refractivity contribution < 1.29 is 37.2 Å². The molecular weight excluding hydrogens is 411 g/mol. The van der Waals surface area contributed by atoms with Crippen LogP contribution in [0.3, 0.4) is 0 Å². The van der Waals surface area contributed by atoms with Crippen LogP contribution in [0.15, 0.2) is 24.3 Å². The number of carbonyl (C=O) groups is 2. The van der Waals surface area contributed by atoms with Crippen molar-refractivity contribution in [2.45, 2.75) is 38.3 Å². The van der Waals surface area contributed by atoms with Crippen LogP contribution in [0.2, 0.25) is 0 Å². The number of amides is 1. The van der Waals surface area contributed by atoms with Gasteiger partial charge < -0.3 is 14.8 Å². The molecule has 1 aromatic carbocycles. The molecule has 1 amide bonds. The molecule has 3 unspecified atom stereocenters. The smallest absolute Gasteiger partial charge is 0.470 e. The van der Waals surface area contributed by atoms with E-state index in [1.54, 1.807) is 0 Å². The van der Waals surface area contributed by atoms with Gasteiger partial charge in [0.15, 0.2) is 0 Å². The largest absolute Gasteiger partial charge is 0.474 e. The molecule has 9 nitrogen and oxygen atoms in total. The van der Waals surface area contributed by atoms with Crippen molar-refractivity contribution >= 4 is 35.4 Å². The predicted molar refractivity (Wildman–Crippen MR) is 111 cm³/mol. The molecule has 1 aromatic rings. The van der Waals surface area contributed by atoms with Crippen LogP contribution in [0.5, 0.6) is 0 Å². The quantitative estimate of drug-likeness (QED) is 0.264. The minimum absolute atomic E-state index is 0.0380. The van der Waals surface area contributed by atoms with Gasteiger partial charge >= 0.3 is 13.8 Å². The lowest BCUT2D eigenvalue weighted by molar-refractivity contribution is -0.148. The number of aryl methyl sites for hydroxylation is 1. The molecule has 0 heterocycles. The Balaban J connectivity index is 2.30. The number of phosphoric ester groups is 1. The van der Waals surface area contributed by atoms with Crippen LogP contribution in [-0.2, 0) is 43.7 Å². The average Bonchev–Trinajstić information content (AvgIpc) is 2.70. The number of ether oxygens (including phenoxy) is 2. The summed E-state index contributed by atoms with van der Waals surface area (Å²) >= 11 is 0. The number of carbonyl (C=O) groups excluding carboxylic acids is 2. The highest BCUT2D eigenvalue weighted by Gasteiger charge is 2.29. The van der Waals surface area contributed by atoms with Gasteiger partial charge in [-0.2, -0.15) is 0 Å². The Hall–Kier alpha value is -1.64. The van der Waals surface area contributed by atoms with Crippen LogP contribution in [0, 0.1) is 6.92 Å². The molecule has 162 valence electrons. The third-order valence-electron chi connectivity index (χ3n) is 3.67. The number of benzene rings is 1. The zero-order valence-electron chi connectivity index (χ0n) is 17.4. The van der Waals surface area contributed by atoms with Crippen LogP contribution in [0.4, 0.5) is 0 Å². The maximum Gasteiger partial charge on any atom is 0.474 e. The van der Waals surface area contributed by atoms with E-state index in [1.807, 2.05) is 31.2 Å². The van der Waals surface area contributed by atoms with Gasteiger partial charge in [-0.25, -0.2) is 4.57 Å². The molecule has 4 radical (unpaired) electrons. The van der Waals surface area contributed by atoms with Gasteiger partial charge in [-0.05, 0) is 12.5 Å². The Morgan fingerprint density at radius 2 is 1.73 bits per heavy atom. The second-order valence-corrected chi connectivity index (χ2v) is 8.04. The first-order valence-corrected chi connectivity index (χ1v) is 10.6. The van der Waals surface area contributed by atoms with E-state index in [-0.39, 0.29) is 25.4 Å². The number of hydrogen-bond donors (Lipinski definition) is 1. The second kappa shape index (κ2) is 13.6. The van der Waals surface area contributed by atoms with Crippen LogP contribution >= 0.6 is 7.82 Å². The van der Waals surface area contributed by atoms with Crippen molar-refractivity contribution in [1.82, 2.24) is 5.32 Å². The van der Waals surface area contributed by atoms with Crippen molar-refractivity contribution in [3.05, 3.63) is 35.4 Å². The standard InChI is InChI=1S/C18H26B2NO8P/c1-13-4-6-14(7-5-13)10-21-17(22)8-9-18(23)28-15(19)12-27-30(24,26-3)29-16(20)11-25-2/h4-7,15-16H,8-12H2,1-3H3,(H,21,22). The lowest BCUT2D eigenvalue weighted by Crippen LogP contribution is -2.27. The van der Waals surface area contributed by atoms with E-state index >= 15 is 0 Å². The molecular formula is C18H26B2NO8P. The number of esters is 1. The van der Waals surface area contributed by atoms with E-state index in [0.717, 1.165) is 18.2 Å². The monoisotopic (exact) mass is 437 g/mol. The Morgan fingerprint density at radius 3 is 2.33 bits per heavy atom. The third-order valence-corrected chi connectivity index (χ3v) is 5.11. The van der Waals surface area contributed by atoms with E-state index in [2.05, 4.69) is 9.84 Å². The zero-order chi connectivity index (χ0) is 22.6. The molecule has 12 heteroatoms. The normalized spacial score (nSPS) is 15.0. The molecule has 1 rings (SSSR count). The molecule has 0 aliphatic heterocycles. The van der Waals surface area contributed by atoms with Crippen molar-refractivity contribution in [1.29, 1.82) is 0 Å². The maximum absolute atomic E-state index is 12.2. The van der Waals surface area contributed by atoms with Crippen LogP contribution in [-0.4, -0.2) is 67.0 Å². The van der Waals surface area contributed by atoms with E-state index in [4.69, 9.17) is 34.2 Å². The Labute approximate surface area is 179 Å². The highest BCUT2D eigenvalue weighted by Crippen LogP contribution is 2.49. The van der Waals surface area contributed by atoms with Gasteiger partial charge in [0, 0.05) is 27.2 Å². The molecule has 0 saturated carbocycles. The summed E-state index contributed by atoms with van der Waals surface area (Å²) in [6.07, 6.45) is -0.242. The highest BCUT2D eigenvalue weighted by atomic mass is 31.2. The first kappa shape index (κ1) is 26.4. The van der Waals surface area contributed by atoms with Gasteiger partial charge in [0.05, 0.1) is 31.6 Å².